The number of para-hydroxylation sites is 2. The molecule has 0 saturated carbocycles. The van der Waals surface area contributed by atoms with Crippen LogP contribution in [-0.4, -0.2) is 34.7 Å². The number of carbonyl (C=O) groups is 2. The highest BCUT2D eigenvalue weighted by atomic mass is 32.2. The Morgan fingerprint density at radius 3 is 2.63 bits per heavy atom. The topological polar surface area (TPSA) is 70.7 Å². The van der Waals surface area contributed by atoms with Crippen molar-refractivity contribution < 1.29 is 14.3 Å². The van der Waals surface area contributed by atoms with E-state index in [2.05, 4.69) is 10.9 Å². The molecule has 2 aromatic rings. The lowest BCUT2D eigenvalue weighted by atomic mass is 10.2. The molecule has 0 spiro atoms. The van der Waals surface area contributed by atoms with E-state index in [0.29, 0.717) is 15.0 Å². The zero-order valence-electron chi connectivity index (χ0n) is 14.5. The highest BCUT2D eigenvalue weighted by Gasteiger charge is 2.33. The Morgan fingerprint density at radius 1 is 1.19 bits per heavy atom. The summed E-state index contributed by atoms with van der Waals surface area (Å²) in [5.41, 5.74) is 6.87. The van der Waals surface area contributed by atoms with Gasteiger partial charge in [-0.25, -0.2) is 0 Å². The molecule has 0 unspecified atom stereocenters. The maximum Gasteiger partial charge on any atom is 0.266 e. The van der Waals surface area contributed by atoms with E-state index in [1.807, 2.05) is 54.6 Å². The first-order valence-corrected chi connectivity index (χ1v) is 9.29. The van der Waals surface area contributed by atoms with Crippen molar-refractivity contribution in [3.63, 3.8) is 0 Å². The van der Waals surface area contributed by atoms with Crippen LogP contribution in [-0.2, 0) is 9.59 Å². The number of nitrogens with zero attached hydrogens (tertiary/aromatic N) is 1. The molecule has 2 aromatic carbocycles. The van der Waals surface area contributed by atoms with Gasteiger partial charge in [-0.15, -0.1) is 0 Å². The Hall–Kier alpha value is -2.84. The monoisotopic (exact) mass is 399 g/mol. The fraction of sp³-hybridized carbons (Fsp3) is 0.105. The summed E-state index contributed by atoms with van der Waals surface area (Å²) < 4.78 is 5.64. The van der Waals surface area contributed by atoms with Crippen LogP contribution >= 0.6 is 24.0 Å². The van der Waals surface area contributed by atoms with Crippen molar-refractivity contribution >= 4 is 51.9 Å². The number of thiocarbonyl (C=S) groups is 1. The summed E-state index contributed by atoms with van der Waals surface area (Å²) >= 11 is 6.43. The van der Waals surface area contributed by atoms with Crippen molar-refractivity contribution in [2.75, 3.05) is 19.1 Å². The molecule has 0 atom stereocenters. The molecule has 0 bridgehead atoms. The maximum atomic E-state index is 12.6. The van der Waals surface area contributed by atoms with Crippen LogP contribution in [0.25, 0.3) is 6.08 Å². The second-order valence-corrected chi connectivity index (χ2v) is 7.22. The molecule has 1 fully saturated rings. The van der Waals surface area contributed by atoms with Crippen molar-refractivity contribution in [2.24, 2.45) is 0 Å². The molecular formula is C19H17N3O3S2. The first kappa shape index (κ1) is 18.9. The predicted octanol–water partition coefficient (Wildman–Crippen LogP) is 3.04. The van der Waals surface area contributed by atoms with Gasteiger partial charge in [0.1, 0.15) is 16.6 Å². The molecular weight excluding hydrogens is 382 g/mol. The number of hydrazine groups is 1. The Bertz CT molecular complexity index is 900. The van der Waals surface area contributed by atoms with Crippen molar-refractivity contribution in [1.82, 2.24) is 10.3 Å². The van der Waals surface area contributed by atoms with Gasteiger partial charge in [0, 0.05) is 5.56 Å². The van der Waals surface area contributed by atoms with E-state index in [9.17, 15) is 9.59 Å². The van der Waals surface area contributed by atoms with Crippen LogP contribution in [0.2, 0.25) is 0 Å². The van der Waals surface area contributed by atoms with E-state index in [4.69, 9.17) is 17.0 Å². The van der Waals surface area contributed by atoms with Gasteiger partial charge in [0.2, 0.25) is 0 Å². The van der Waals surface area contributed by atoms with E-state index in [1.54, 1.807) is 13.2 Å². The third-order valence-electron chi connectivity index (χ3n) is 3.72. The number of ether oxygens (including phenoxy) is 1. The van der Waals surface area contributed by atoms with Crippen LogP contribution in [0.15, 0.2) is 59.5 Å². The maximum absolute atomic E-state index is 12.6. The summed E-state index contributed by atoms with van der Waals surface area (Å²) in [6.45, 7) is -0.159. The molecule has 2 N–H and O–H groups in total. The fourth-order valence-electron chi connectivity index (χ4n) is 2.41. The number of hydrogen-bond donors (Lipinski definition) is 2. The standard InChI is InChI=1S/C19H17N3O3S2/c1-25-15-10-6-5-7-13(15)11-16-18(24)22(19(26)27-16)12-17(23)21-20-14-8-3-2-4-9-14/h2-11,20H,12H2,1H3,(H,21,23)/b16-11-. The Labute approximate surface area is 166 Å². The van der Waals surface area contributed by atoms with Crippen LogP contribution in [0.5, 0.6) is 5.75 Å². The minimum Gasteiger partial charge on any atom is -0.496 e. The van der Waals surface area contributed by atoms with Crippen LogP contribution in [0, 0.1) is 0 Å². The molecule has 0 radical (unpaired) electrons. The highest BCUT2D eigenvalue weighted by Crippen LogP contribution is 2.33. The number of nitrogens with one attached hydrogen (secondary N) is 2. The lowest BCUT2D eigenvalue weighted by Gasteiger charge is -2.15. The highest BCUT2D eigenvalue weighted by molar-refractivity contribution is 8.26. The van der Waals surface area contributed by atoms with E-state index in [0.717, 1.165) is 11.3 Å². The molecule has 1 aliphatic rings. The number of thioether (sulfide) groups is 1. The molecule has 8 heteroatoms. The molecule has 138 valence electrons. The first-order chi connectivity index (χ1) is 13.1. The van der Waals surface area contributed by atoms with Crippen molar-refractivity contribution in [3.05, 3.63) is 65.1 Å². The molecule has 6 nitrogen and oxygen atoms in total. The lowest BCUT2D eigenvalue weighted by molar-refractivity contribution is -0.128. The Kier molecular flexibility index (Phi) is 6.10. The van der Waals surface area contributed by atoms with Crippen LogP contribution in [0.3, 0.4) is 0 Å². The van der Waals surface area contributed by atoms with Gasteiger partial charge < -0.3 is 4.74 Å². The number of methoxy groups -OCH3 is 1. The minimum absolute atomic E-state index is 0.159. The Balaban J connectivity index is 1.65. The van der Waals surface area contributed by atoms with Crippen molar-refractivity contribution in [2.45, 2.75) is 0 Å². The summed E-state index contributed by atoms with van der Waals surface area (Å²) in [5.74, 6) is -0.00738. The SMILES string of the molecule is COc1ccccc1/C=C1\SC(=S)N(CC(=O)NNc2ccccc2)C1=O. The zero-order chi connectivity index (χ0) is 19.2. The number of carbonyl (C=O) groups excluding carboxylic acids is 2. The number of benzene rings is 2. The predicted molar refractivity (Wildman–Crippen MR) is 111 cm³/mol. The zero-order valence-corrected chi connectivity index (χ0v) is 16.1. The molecule has 27 heavy (non-hydrogen) atoms. The Morgan fingerprint density at radius 2 is 1.89 bits per heavy atom. The van der Waals surface area contributed by atoms with E-state index < -0.39 is 0 Å². The molecule has 1 heterocycles. The van der Waals surface area contributed by atoms with Gasteiger partial charge in [-0.05, 0) is 24.3 Å². The molecule has 0 aliphatic carbocycles. The van der Waals surface area contributed by atoms with Gasteiger partial charge in [-0.1, -0.05) is 60.4 Å². The summed E-state index contributed by atoms with van der Waals surface area (Å²) in [5, 5.41) is 0. The minimum atomic E-state index is -0.367. The quantitative estimate of drug-likeness (QED) is 0.442. The van der Waals surface area contributed by atoms with E-state index in [1.165, 1.54) is 16.7 Å². The van der Waals surface area contributed by atoms with Gasteiger partial charge in [0.15, 0.2) is 0 Å². The van der Waals surface area contributed by atoms with Crippen molar-refractivity contribution in [3.8, 4) is 5.75 Å². The molecule has 3 rings (SSSR count). The average Bonchev–Trinajstić information content (AvgIpc) is 2.95. The summed E-state index contributed by atoms with van der Waals surface area (Å²) in [6.07, 6.45) is 1.72. The van der Waals surface area contributed by atoms with E-state index >= 15 is 0 Å². The van der Waals surface area contributed by atoms with E-state index in [-0.39, 0.29) is 18.4 Å². The lowest BCUT2D eigenvalue weighted by Crippen LogP contribution is -2.41. The van der Waals surface area contributed by atoms with Gasteiger partial charge in [-0.2, -0.15) is 0 Å². The van der Waals surface area contributed by atoms with Gasteiger partial charge in [0.25, 0.3) is 11.8 Å². The summed E-state index contributed by atoms with van der Waals surface area (Å²) in [7, 11) is 1.57. The molecule has 1 aliphatic heterocycles. The van der Waals surface area contributed by atoms with Crippen LogP contribution in [0.1, 0.15) is 5.56 Å². The smallest absolute Gasteiger partial charge is 0.266 e. The molecule has 2 amide bonds. The van der Waals surface area contributed by atoms with Gasteiger partial charge >= 0.3 is 0 Å². The van der Waals surface area contributed by atoms with Gasteiger partial charge in [-0.3, -0.25) is 25.3 Å². The van der Waals surface area contributed by atoms with Crippen molar-refractivity contribution in [1.29, 1.82) is 0 Å². The third-order valence-corrected chi connectivity index (χ3v) is 5.10. The first-order valence-electron chi connectivity index (χ1n) is 8.07. The average molecular weight is 399 g/mol. The summed E-state index contributed by atoms with van der Waals surface area (Å²) in [6, 6.07) is 16.6. The molecule has 0 aromatic heterocycles. The number of amides is 2. The normalized spacial score (nSPS) is 15.1. The fourth-order valence-corrected chi connectivity index (χ4v) is 3.66. The third kappa shape index (κ3) is 4.66. The van der Waals surface area contributed by atoms with Crippen LogP contribution in [0.4, 0.5) is 5.69 Å². The summed E-state index contributed by atoms with van der Waals surface area (Å²) in [4.78, 5) is 26.5. The second kappa shape index (κ2) is 8.70. The second-order valence-electron chi connectivity index (χ2n) is 5.55. The molecule has 1 saturated heterocycles. The largest absolute Gasteiger partial charge is 0.496 e. The van der Waals surface area contributed by atoms with Crippen LogP contribution < -0.4 is 15.6 Å². The number of hydrogen-bond acceptors (Lipinski definition) is 6. The number of anilines is 1. The number of rotatable bonds is 6. The van der Waals surface area contributed by atoms with Gasteiger partial charge in [0.05, 0.1) is 17.7 Å².